The number of phenolic OH excluding ortho intramolecular Hbond substituents is 2. The Kier molecular flexibility index (Phi) is 3.70. The minimum absolute atomic E-state index is 0.249. The molecule has 0 heterocycles. The molecule has 0 fully saturated rings. The lowest BCUT2D eigenvalue weighted by molar-refractivity contribution is 0.478. The first-order valence-electron chi connectivity index (χ1n) is 7.57. The molecule has 0 aromatic heterocycles. The Morgan fingerprint density at radius 1 is 0.762 bits per heavy atom. The molecule has 0 unspecified atom stereocenters. The van der Waals surface area contributed by atoms with Crippen LogP contribution in [0.5, 0.6) is 11.5 Å². The highest BCUT2D eigenvalue weighted by atomic mass is 16.3. The molecule has 0 radical (unpaired) electrons. The summed E-state index contributed by atoms with van der Waals surface area (Å²) in [5, 5.41) is 23.8. The highest BCUT2D eigenvalue weighted by Crippen LogP contribution is 2.41. The number of benzene rings is 3. The van der Waals surface area contributed by atoms with Gasteiger partial charge in [0.15, 0.2) is 0 Å². The van der Waals surface area contributed by atoms with Gasteiger partial charge in [0.2, 0.25) is 0 Å². The highest BCUT2D eigenvalue weighted by molar-refractivity contribution is 6.10. The van der Waals surface area contributed by atoms with Crippen molar-refractivity contribution in [2.24, 2.45) is 0 Å². The zero-order valence-corrected chi connectivity index (χ0v) is 12.3. The summed E-state index contributed by atoms with van der Waals surface area (Å²) in [4.78, 5) is 0. The van der Waals surface area contributed by atoms with Crippen molar-refractivity contribution in [2.45, 2.75) is 32.6 Å². The molecule has 2 heteroatoms. The minimum Gasteiger partial charge on any atom is -0.507 e. The molecule has 0 aliphatic carbocycles. The molecule has 21 heavy (non-hydrogen) atoms. The Labute approximate surface area is 124 Å². The molecule has 0 saturated heterocycles. The third-order valence-electron chi connectivity index (χ3n) is 4.10. The Morgan fingerprint density at radius 3 is 2.05 bits per heavy atom. The predicted octanol–water partition coefficient (Wildman–Crippen LogP) is 5.14. The van der Waals surface area contributed by atoms with Gasteiger partial charge in [-0.2, -0.15) is 0 Å². The molecule has 2 nitrogen and oxygen atoms in total. The molecule has 3 rings (SSSR count). The van der Waals surface area contributed by atoms with E-state index in [1.807, 2.05) is 42.5 Å². The molecule has 0 spiro atoms. The van der Waals surface area contributed by atoms with Crippen LogP contribution >= 0.6 is 0 Å². The van der Waals surface area contributed by atoms with Gasteiger partial charge in [0.1, 0.15) is 11.5 Å². The Morgan fingerprint density at radius 2 is 1.38 bits per heavy atom. The number of aryl methyl sites for hydroxylation is 1. The summed E-state index contributed by atoms with van der Waals surface area (Å²) < 4.78 is 0. The van der Waals surface area contributed by atoms with Crippen molar-refractivity contribution >= 4 is 21.5 Å². The summed E-state index contributed by atoms with van der Waals surface area (Å²) in [5.74, 6) is 0.509. The first-order valence-corrected chi connectivity index (χ1v) is 7.57. The minimum atomic E-state index is 0.249. The number of aromatic hydroxyl groups is 2. The molecule has 3 aromatic rings. The lowest BCUT2D eigenvalue weighted by Gasteiger charge is -2.11. The van der Waals surface area contributed by atoms with Crippen LogP contribution in [0.3, 0.4) is 0 Å². The van der Waals surface area contributed by atoms with Gasteiger partial charge in [0.05, 0.1) is 0 Å². The number of rotatable bonds is 4. The smallest absolute Gasteiger partial charge is 0.131 e. The molecule has 0 bridgehead atoms. The van der Waals surface area contributed by atoms with Crippen LogP contribution in [-0.2, 0) is 6.42 Å². The van der Waals surface area contributed by atoms with Gasteiger partial charge in [0, 0.05) is 21.5 Å². The van der Waals surface area contributed by atoms with Crippen LogP contribution in [-0.4, -0.2) is 10.2 Å². The average Bonchev–Trinajstić information content (AvgIpc) is 2.53. The number of fused-ring (bicyclic) bond motifs is 2. The molecule has 108 valence electrons. The number of hydrogen-bond donors (Lipinski definition) is 2. The molecule has 0 aliphatic heterocycles. The van der Waals surface area contributed by atoms with E-state index in [4.69, 9.17) is 0 Å². The molecule has 0 atom stereocenters. The third kappa shape index (κ3) is 2.42. The van der Waals surface area contributed by atoms with E-state index in [9.17, 15) is 10.2 Å². The van der Waals surface area contributed by atoms with Crippen LogP contribution in [0.15, 0.2) is 42.5 Å². The maximum Gasteiger partial charge on any atom is 0.131 e. The van der Waals surface area contributed by atoms with Gasteiger partial charge in [-0.15, -0.1) is 0 Å². The molecule has 0 amide bonds. The molecular formula is C19H20O2. The predicted molar refractivity (Wildman–Crippen MR) is 88.0 cm³/mol. The van der Waals surface area contributed by atoms with Crippen LogP contribution in [0, 0.1) is 0 Å². The van der Waals surface area contributed by atoms with E-state index in [0.717, 1.165) is 18.2 Å². The summed E-state index contributed by atoms with van der Waals surface area (Å²) in [5.41, 5.74) is 1.21. The SMILES string of the molecule is CCCCCc1ccc2c(O)c3ccccc3c(O)c2c1. The molecule has 0 aliphatic rings. The fourth-order valence-electron chi connectivity index (χ4n) is 2.91. The van der Waals surface area contributed by atoms with Crippen LogP contribution in [0.25, 0.3) is 21.5 Å². The maximum atomic E-state index is 10.5. The van der Waals surface area contributed by atoms with Crippen molar-refractivity contribution < 1.29 is 10.2 Å². The second kappa shape index (κ2) is 5.65. The van der Waals surface area contributed by atoms with E-state index in [-0.39, 0.29) is 11.5 Å². The highest BCUT2D eigenvalue weighted by Gasteiger charge is 2.12. The molecule has 0 saturated carbocycles. The van der Waals surface area contributed by atoms with Gasteiger partial charge in [-0.1, -0.05) is 56.2 Å². The fourth-order valence-corrected chi connectivity index (χ4v) is 2.91. The van der Waals surface area contributed by atoms with E-state index in [1.165, 1.54) is 18.4 Å². The second-order valence-electron chi connectivity index (χ2n) is 5.58. The molecule has 2 N–H and O–H groups in total. The van der Waals surface area contributed by atoms with Crippen LogP contribution in [0.4, 0.5) is 0 Å². The number of unbranched alkanes of at least 4 members (excludes halogenated alkanes) is 2. The maximum absolute atomic E-state index is 10.5. The van der Waals surface area contributed by atoms with Gasteiger partial charge in [-0.25, -0.2) is 0 Å². The van der Waals surface area contributed by atoms with Crippen LogP contribution < -0.4 is 0 Å². The topological polar surface area (TPSA) is 40.5 Å². The fraction of sp³-hybridized carbons (Fsp3) is 0.263. The van der Waals surface area contributed by atoms with E-state index >= 15 is 0 Å². The van der Waals surface area contributed by atoms with Crippen molar-refractivity contribution in [1.82, 2.24) is 0 Å². The summed E-state index contributed by atoms with van der Waals surface area (Å²) in [6.45, 7) is 2.19. The van der Waals surface area contributed by atoms with E-state index < -0.39 is 0 Å². The van der Waals surface area contributed by atoms with Crippen LogP contribution in [0.2, 0.25) is 0 Å². The van der Waals surface area contributed by atoms with Gasteiger partial charge in [0.25, 0.3) is 0 Å². The van der Waals surface area contributed by atoms with Crippen molar-refractivity contribution in [1.29, 1.82) is 0 Å². The van der Waals surface area contributed by atoms with E-state index in [2.05, 4.69) is 6.92 Å². The average molecular weight is 280 g/mol. The quantitative estimate of drug-likeness (QED) is 0.395. The largest absolute Gasteiger partial charge is 0.507 e. The lowest BCUT2D eigenvalue weighted by Crippen LogP contribution is -1.87. The van der Waals surface area contributed by atoms with Crippen LogP contribution in [0.1, 0.15) is 31.7 Å². The third-order valence-corrected chi connectivity index (χ3v) is 4.10. The van der Waals surface area contributed by atoms with Crippen molar-refractivity contribution in [3.8, 4) is 11.5 Å². The van der Waals surface area contributed by atoms with E-state index in [0.29, 0.717) is 16.2 Å². The van der Waals surface area contributed by atoms with Gasteiger partial charge in [-0.3, -0.25) is 0 Å². The Hall–Kier alpha value is -2.22. The zero-order valence-electron chi connectivity index (χ0n) is 12.3. The van der Waals surface area contributed by atoms with Crippen molar-refractivity contribution in [3.05, 3.63) is 48.0 Å². The molecular weight excluding hydrogens is 260 g/mol. The number of hydrogen-bond acceptors (Lipinski definition) is 2. The summed E-state index contributed by atoms with van der Waals surface area (Å²) in [6, 6.07) is 13.4. The summed E-state index contributed by atoms with van der Waals surface area (Å²) in [7, 11) is 0. The summed E-state index contributed by atoms with van der Waals surface area (Å²) >= 11 is 0. The van der Waals surface area contributed by atoms with Crippen molar-refractivity contribution in [2.75, 3.05) is 0 Å². The normalized spacial score (nSPS) is 11.3. The van der Waals surface area contributed by atoms with Gasteiger partial charge >= 0.3 is 0 Å². The second-order valence-corrected chi connectivity index (χ2v) is 5.58. The summed E-state index contributed by atoms with van der Waals surface area (Å²) in [6.07, 6.45) is 4.58. The van der Waals surface area contributed by atoms with E-state index in [1.54, 1.807) is 0 Å². The molecule has 3 aromatic carbocycles. The zero-order chi connectivity index (χ0) is 14.8. The monoisotopic (exact) mass is 280 g/mol. The number of phenols is 2. The standard InChI is InChI=1S/C19H20O2/c1-2-3-4-7-13-10-11-16-17(12-13)19(21)15-9-6-5-8-14(15)18(16)20/h5-6,8-12,20-21H,2-4,7H2,1H3. The Bertz CT molecular complexity index is 790. The first-order chi connectivity index (χ1) is 10.2. The first kappa shape index (κ1) is 13.7. The van der Waals surface area contributed by atoms with Crippen molar-refractivity contribution in [3.63, 3.8) is 0 Å². The van der Waals surface area contributed by atoms with Gasteiger partial charge < -0.3 is 10.2 Å². The Balaban J connectivity index is 2.16. The lowest BCUT2D eigenvalue weighted by atomic mass is 9.97. The van der Waals surface area contributed by atoms with Gasteiger partial charge in [-0.05, 0) is 24.5 Å².